The summed E-state index contributed by atoms with van der Waals surface area (Å²) in [6.45, 7) is 3.91. The van der Waals surface area contributed by atoms with E-state index in [0.717, 1.165) is 33.9 Å². The Morgan fingerprint density at radius 2 is 2.12 bits per heavy atom. The van der Waals surface area contributed by atoms with Crippen LogP contribution in [0.2, 0.25) is 5.02 Å². The molecule has 3 rings (SSSR count). The largest absolute Gasteiger partial charge is 0.490 e. The van der Waals surface area contributed by atoms with E-state index < -0.39 is 5.82 Å². The highest BCUT2D eigenvalue weighted by molar-refractivity contribution is 9.10. The van der Waals surface area contributed by atoms with E-state index in [1.165, 1.54) is 6.07 Å². The molecule has 0 spiro atoms. The molecular formula is C21H24BrClFN5O2S. The van der Waals surface area contributed by atoms with Crippen LogP contribution in [0.15, 0.2) is 40.0 Å². The maximum absolute atomic E-state index is 14.1. The van der Waals surface area contributed by atoms with E-state index in [0.29, 0.717) is 35.2 Å². The highest BCUT2D eigenvalue weighted by Crippen LogP contribution is 2.38. The summed E-state index contributed by atoms with van der Waals surface area (Å²) in [7, 11) is 1.83. The van der Waals surface area contributed by atoms with E-state index in [4.69, 9.17) is 21.1 Å². The number of ether oxygens (including phenoxy) is 2. The van der Waals surface area contributed by atoms with Gasteiger partial charge in [-0.1, -0.05) is 29.4 Å². The van der Waals surface area contributed by atoms with Gasteiger partial charge in [-0.3, -0.25) is 0 Å². The minimum absolute atomic E-state index is 0.000481. The zero-order valence-corrected chi connectivity index (χ0v) is 20.9. The van der Waals surface area contributed by atoms with E-state index in [-0.39, 0.29) is 6.61 Å². The van der Waals surface area contributed by atoms with Crippen LogP contribution >= 0.6 is 39.3 Å². The molecule has 3 aromatic rings. The van der Waals surface area contributed by atoms with Gasteiger partial charge < -0.3 is 14.8 Å². The standard InChI is InChI=1S/C21H24BrClFN5O2S/c1-3-30-19-11-14(12-25-8-5-9-32-21-26-27-28-29(21)2)10-16(22)20(19)31-13-15-17(23)6-4-7-18(15)24/h4,6-7,10-11,25H,3,5,8-9,12-13H2,1-2H3. The number of thioether (sulfide) groups is 1. The lowest BCUT2D eigenvalue weighted by Gasteiger charge is -2.16. The second-order valence-electron chi connectivity index (χ2n) is 6.79. The molecule has 0 bridgehead atoms. The van der Waals surface area contributed by atoms with Crippen molar-refractivity contribution in [1.29, 1.82) is 0 Å². The van der Waals surface area contributed by atoms with E-state index in [2.05, 4.69) is 36.8 Å². The molecular weight excluding hydrogens is 521 g/mol. The normalized spacial score (nSPS) is 11.0. The van der Waals surface area contributed by atoms with Crippen LogP contribution < -0.4 is 14.8 Å². The van der Waals surface area contributed by atoms with Crippen LogP contribution in [-0.2, 0) is 20.2 Å². The third kappa shape index (κ3) is 6.81. The van der Waals surface area contributed by atoms with Gasteiger partial charge >= 0.3 is 0 Å². The zero-order valence-electron chi connectivity index (χ0n) is 17.8. The lowest BCUT2D eigenvalue weighted by molar-refractivity contribution is 0.264. The molecule has 0 saturated carbocycles. The van der Waals surface area contributed by atoms with Crippen LogP contribution in [0.5, 0.6) is 11.5 Å². The number of aryl methyl sites for hydroxylation is 1. The summed E-state index contributed by atoms with van der Waals surface area (Å²) >= 11 is 11.3. The first-order valence-corrected chi connectivity index (χ1v) is 12.2. The van der Waals surface area contributed by atoms with Gasteiger partial charge in [0.2, 0.25) is 5.16 Å². The highest BCUT2D eigenvalue weighted by Gasteiger charge is 2.15. The van der Waals surface area contributed by atoms with Crippen molar-refractivity contribution >= 4 is 39.3 Å². The molecule has 11 heteroatoms. The van der Waals surface area contributed by atoms with Crippen LogP contribution in [0.4, 0.5) is 4.39 Å². The van der Waals surface area contributed by atoms with Crippen LogP contribution in [0.3, 0.4) is 0 Å². The maximum atomic E-state index is 14.1. The number of aromatic nitrogens is 4. The minimum atomic E-state index is -0.402. The van der Waals surface area contributed by atoms with Gasteiger partial charge in [-0.25, -0.2) is 9.07 Å². The third-order valence-electron chi connectivity index (χ3n) is 4.43. The number of hydrogen-bond acceptors (Lipinski definition) is 7. The Balaban J connectivity index is 1.55. The molecule has 0 aliphatic carbocycles. The average Bonchev–Trinajstić information content (AvgIpc) is 3.16. The Hall–Kier alpha value is -1.88. The zero-order chi connectivity index (χ0) is 22.9. The lowest BCUT2D eigenvalue weighted by atomic mass is 10.2. The summed E-state index contributed by atoms with van der Waals surface area (Å²) in [6.07, 6.45) is 0.974. The van der Waals surface area contributed by atoms with Gasteiger partial charge in [-0.2, -0.15) is 0 Å². The van der Waals surface area contributed by atoms with Crippen LogP contribution in [-0.4, -0.2) is 39.1 Å². The molecule has 0 fully saturated rings. The van der Waals surface area contributed by atoms with Gasteiger partial charge in [0, 0.05) is 24.9 Å². The average molecular weight is 545 g/mol. The summed E-state index contributed by atoms with van der Waals surface area (Å²) in [5.41, 5.74) is 1.35. The number of rotatable bonds is 12. The summed E-state index contributed by atoms with van der Waals surface area (Å²) < 4.78 is 28.1. The van der Waals surface area contributed by atoms with E-state index in [9.17, 15) is 4.39 Å². The molecule has 1 N–H and O–H groups in total. The Morgan fingerprint density at radius 1 is 1.28 bits per heavy atom. The Bertz CT molecular complexity index is 1020. The molecule has 0 aliphatic heterocycles. The molecule has 2 aromatic carbocycles. The number of benzene rings is 2. The molecule has 0 amide bonds. The number of nitrogens with zero attached hydrogens (tertiary/aromatic N) is 4. The topological polar surface area (TPSA) is 74.1 Å². The van der Waals surface area contributed by atoms with Gasteiger partial charge in [0.15, 0.2) is 11.5 Å². The molecule has 1 aromatic heterocycles. The fourth-order valence-corrected chi connectivity index (χ4v) is 4.49. The van der Waals surface area contributed by atoms with Crippen molar-refractivity contribution in [3.8, 4) is 11.5 Å². The molecule has 172 valence electrons. The molecule has 1 heterocycles. The molecule has 0 radical (unpaired) electrons. The van der Waals surface area contributed by atoms with Crippen molar-refractivity contribution < 1.29 is 13.9 Å². The third-order valence-corrected chi connectivity index (χ3v) is 6.47. The van der Waals surface area contributed by atoms with Crippen LogP contribution in [0.25, 0.3) is 0 Å². The Morgan fingerprint density at radius 3 is 2.84 bits per heavy atom. The van der Waals surface area contributed by atoms with E-state index >= 15 is 0 Å². The van der Waals surface area contributed by atoms with Crippen molar-refractivity contribution in [2.45, 2.75) is 31.7 Å². The van der Waals surface area contributed by atoms with Crippen LogP contribution in [0.1, 0.15) is 24.5 Å². The molecule has 0 atom stereocenters. The first kappa shape index (κ1) is 24.8. The summed E-state index contributed by atoms with van der Waals surface area (Å²) in [5.74, 6) is 1.63. The smallest absolute Gasteiger partial charge is 0.209 e. The number of tetrazole rings is 1. The second kappa shape index (κ2) is 12.4. The fourth-order valence-electron chi connectivity index (χ4n) is 2.88. The van der Waals surface area contributed by atoms with Crippen molar-refractivity contribution in [2.24, 2.45) is 7.05 Å². The second-order valence-corrected chi connectivity index (χ2v) is 9.11. The Labute approximate surface area is 204 Å². The Kier molecular flexibility index (Phi) is 9.58. The number of halogens is 3. The van der Waals surface area contributed by atoms with Crippen molar-refractivity contribution in [2.75, 3.05) is 18.9 Å². The highest BCUT2D eigenvalue weighted by atomic mass is 79.9. The first-order chi connectivity index (χ1) is 15.5. The van der Waals surface area contributed by atoms with E-state index in [1.54, 1.807) is 28.6 Å². The van der Waals surface area contributed by atoms with Gasteiger partial charge in [0.25, 0.3) is 0 Å². The quantitative estimate of drug-likeness (QED) is 0.254. The molecule has 32 heavy (non-hydrogen) atoms. The maximum Gasteiger partial charge on any atom is 0.209 e. The first-order valence-electron chi connectivity index (χ1n) is 10.1. The monoisotopic (exact) mass is 543 g/mol. The molecule has 7 nitrogen and oxygen atoms in total. The van der Waals surface area contributed by atoms with Gasteiger partial charge in [0.05, 0.1) is 16.1 Å². The van der Waals surface area contributed by atoms with Gasteiger partial charge in [0.1, 0.15) is 12.4 Å². The van der Waals surface area contributed by atoms with E-state index in [1.807, 2.05) is 26.1 Å². The molecule has 0 saturated heterocycles. The van der Waals surface area contributed by atoms with Crippen molar-refractivity contribution in [1.82, 2.24) is 25.5 Å². The number of hydrogen-bond donors (Lipinski definition) is 1. The lowest BCUT2D eigenvalue weighted by Crippen LogP contribution is -2.15. The van der Waals surface area contributed by atoms with Crippen molar-refractivity contribution in [3.63, 3.8) is 0 Å². The van der Waals surface area contributed by atoms with Crippen LogP contribution in [0, 0.1) is 5.82 Å². The van der Waals surface area contributed by atoms with Gasteiger partial charge in [-0.15, -0.1) is 5.10 Å². The summed E-state index contributed by atoms with van der Waals surface area (Å²) in [6, 6.07) is 8.46. The molecule has 0 aliphatic rings. The number of nitrogens with one attached hydrogen (secondary N) is 1. The summed E-state index contributed by atoms with van der Waals surface area (Å²) in [4.78, 5) is 0. The molecule has 0 unspecified atom stereocenters. The predicted octanol–water partition coefficient (Wildman–Crippen LogP) is 5.01. The summed E-state index contributed by atoms with van der Waals surface area (Å²) in [5, 5.41) is 16.0. The van der Waals surface area contributed by atoms with Crippen molar-refractivity contribution in [3.05, 3.63) is 56.8 Å². The predicted molar refractivity (Wildman–Crippen MR) is 127 cm³/mol. The SMILES string of the molecule is CCOc1cc(CNCCCSc2nnnn2C)cc(Br)c1OCc1c(F)cccc1Cl. The fraction of sp³-hybridized carbons (Fsp3) is 0.381. The van der Waals surface area contributed by atoms with Gasteiger partial charge in [-0.05, 0) is 76.1 Å². The minimum Gasteiger partial charge on any atom is -0.490 e.